The highest BCUT2D eigenvalue weighted by atomic mass is 16.6. The zero-order valence-electron chi connectivity index (χ0n) is 16.5. The largest absolute Gasteiger partial charge is 0.486 e. The third kappa shape index (κ3) is 4.55. The van der Waals surface area contributed by atoms with Crippen LogP contribution in [0.2, 0.25) is 0 Å². The van der Waals surface area contributed by atoms with Gasteiger partial charge in [0.1, 0.15) is 38.1 Å². The van der Waals surface area contributed by atoms with Gasteiger partial charge in [-0.25, -0.2) is 14.3 Å². The summed E-state index contributed by atoms with van der Waals surface area (Å²) in [5, 5.41) is 11.4. The Morgan fingerprint density at radius 1 is 1.13 bits per heavy atom. The minimum atomic E-state index is -0.591. The van der Waals surface area contributed by atoms with Crippen LogP contribution in [0.25, 0.3) is 12.2 Å². The van der Waals surface area contributed by atoms with Gasteiger partial charge >= 0.3 is 11.8 Å². The maximum Gasteiger partial charge on any atom is 0.343 e. The SMILES string of the molecule is O=C(OCCn1c([N+](=O)[O-])cnc1/C=C\c1ccccc1)c1cccc2c1OCCO2. The van der Waals surface area contributed by atoms with Crippen molar-refractivity contribution in [3.8, 4) is 11.5 Å². The predicted molar refractivity (Wildman–Crippen MR) is 112 cm³/mol. The number of esters is 1. The number of rotatable bonds is 7. The molecule has 0 atom stereocenters. The number of benzene rings is 2. The standard InChI is InChI=1S/C22H19N3O6/c26-22(17-7-4-8-18-21(17)30-14-13-29-18)31-12-11-24-19(23-15-20(24)25(27)28)10-9-16-5-2-1-3-6-16/h1-10,15H,11-14H2/b10-9-. The van der Waals surface area contributed by atoms with Gasteiger partial charge in [-0.3, -0.25) is 0 Å². The van der Waals surface area contributed by atoms with E-state index >= 15 is 0 Å². The normalized spacial score (nSPS) is 12.6. The molecule has 4 rings (SSSR count). The van der Waals surface area contributed by atoms with Gasteiger partial charge in [0.15, 0.2) is 11.5 Å². The van der Waals surface area contributed by atoms with E-state index in [1.807, 2.05) is 36.4 Å². The van der Waals surface area contributed by atoms with Crippen molar-refractivity contribution in [1.29, 1.82) is 0 Å². The van der Waals surface area contributed by atoms with Crippen molar-refractivity contribution in [2.75, 3.05) is 19.8 Å². The Bertz CT molecular complexity index is 1120. The Morgan fingerprint density at radius 3 is 2.74 bits per heavy atom. The van der Waals surface area contributed by atoms with Crippen molar-refractivity contribution in [3.05, 3.63) is 81.8 Å². The highest BCUT2D eigenvalue weighted by molar-refractivity contribution is 5.93. The molecule has 3 aromatic rings. The first-order valence-electron chi connectivity index (χ1n) is 9.62. The van der Waals surface area contributed by atoms with Crippen LogP contribution in [-0.4, -0.2) is 40.3 Å². The molecule has 2 heterocycles. The van der Waals surface area contributed by atoms with Crippen molar-refractivity contribution < 1.29 is 23.9 Å². The number of hydrogen-bond acceptors (Lipinski definition) is 7. The number of hydrogen-bond donors (Lipinski definition) is 0. The molecule has 0 radical (unpaired) electrons. The van der Waals surface area contributed by atoms with Gasteiger partial charge in [0.05, 0.1) is 0 Å². The molecule has 1 aliphatic rings. The summed E-state index contributed by atoms with van der Waals surface area (Å²) in [4.78, 5) is 27.5. The number of carbonyl (C=O) groups excluding carboxylic acids is 1. The van der Waals surface area contributed by atoms with Crippen LogP contribution in [-0.2, 0) is 11.3 Å². The maximum absolute atomic E-state index is 12.5. The average Bonchev–Trinajstić information content (AvgIpc) is 3.21. The summed E-state index contributed by atoms with van der Waals surface area (Å²) in [6.07, 6.45) is 4.68. The Balaban J connectivity index is 1.47. The van der Waals surface area contributed by atoms with Crippen LogP contribution in [0.4, 0.5) is 5.82 Å². The molecule has 0 amide bonds. The number of aromatic nitrogens is 2. The molecule has 1 aromatic heterocycles. The van der Waals surface area contributed by atoms with Crippen LogP contribution in [0.15, 0.2) is 54.7 Å². The fraction of sp³-hybridized carbons (Fsp3) is 0.182. The third-order valence-corrected chi connectivity index (χ3v) is 4.61. The highest BCUT2D eigenvalue weighted by Crippen LogP contribution is 2.34. The van der Waals surface area contributed by atoms with Gasteiger partial charge in [-0.2, -0.15) is 0 Å². The van der Waals surface area contributed by atoms with Gasteiger partial charge in [-0.1, -0.05) is 36.4 Å². The van der Waals surface area contributed by atoms with E-state index in [0.29, 0.717) is 30.5 Å². The van der Waals surface area contributed by atoms with Crippen molar-refractivity contribution in [2.24, 2.45) is 0 Å². The fourth-order valence-corrected chi connectivity index (χ4v) is 3.17. The van der Waals surface area contributed by atoms with E-state index in [4.69, 9.17) is 14.2 Å². The van der Waals surface area contributed by atoms with Crippen LogP contribution in [0.1, 0.15) is 21.7 Å². The molecule has 0 saturated carbocycles. The minimum Gasteiger partial charge on any atom is -0.486 e. The Labute approximate surface area is 177 Å². The molecular weight excluding hydrogens is 402 g/mol. The number of ether oxygens (including phenoxy) is 3. The predicted octanol–water partition coefficient (Wildman–Crippen LogP) is 3.59. The first-order valence-corrected chi connectivity index (χ1v) is 9.62. The van der Waals surface area contributed by atoms with Gasteiger partial charge in [0, 0.05) is 6.08 Å². The van der Waals surface area contributed by atoms with Crippen LogP contribution in [0, 0.1) is 10.1 Å². The van der Waals surface area contributed by atoms with Gasteiger partial charge in [-0.15, -0.1) is 0 Å². The molecule has 0 bridgehead atoms. The minimum absolute atomic E-state index is 0.0723. The molecule has 0 saturated heterocycles. The number of carbonyl (C=O) groups is 1. The lowest BCUT2D eigenvalue weighted by Crippen LogP contribution is -2.19. The second kappa shape index (κ2) is 9.12. The van der Waals surface area contributed by atoms with E-state index in [0.717, 1.165) is 5.56 Å². The Kier molecular flexibility index (Phi) is 5.93. The number of nitrogens with zero attached hydrogens (tertiary/aromatic N) is 3. The Morgan fingerprint density at radius 2 is 1.94 bits per heavy atom. The maximum atomic E-state index is 12.5. The summed E-state index contributed by atoms with van der Waals surface area (Å²) in [6, 6.07) is 14.5. The van der Waals surface area contributed by atoms with E-state index in [1.165, 1.54) is 10.8 Å². The molecular formula is C22H19N3O6. The van der Waals surface area contributed by atoms with Crippen molar-refractivity contribution in [2.45, 2.75) is 6.54 Å². The van der Waals surface area contributed by atoms with Crippen molar-refractivity contribution in [3.63, 3.8) is 0 Å². The van der Waals surface area contributed by atoms with Crippen LogP contribution >= 0.6 is 0 Å². The summed E-state index contributed by atoms with van der Waals surface area (Å²) >= 11 is 0. The van der Waals surface area contributed by atoms with Crippen molar-refractivity contribution in [1.82, 2.24) is 9.55 Å². The molecule has 0 spiro atoms. The zero-order valence-corrected chi connectivity index (χ0v) is 16.5. The van der Waals surface area contributed by atoms with Gasteiger partial charge < -0.3 is 24.3 Å². The smallest absolute Gasteiger partial charge is 0.343 e. The molecule has 0 aliphatic carbocycles. The fourth-order valence-electron chi connectivity index (χ4n) is 3.17. The number of imidazole rings is 1. The van der Waals surface area contributed by atoms with E-state index in [1.54, 1.807) is 24.3 Å². The lowest BCUT2D eigenvalue weighted by molar-refractivity contribution is -0.392. The summed E-state index contributed by atoms with van der Waals surface area (Å²) in [5.74, 6) is 0.447. The van der Waals surface area contributed by atoms with Crippen LogP contribution in [0.5, 0.6) is 11.5 Å². The molecule has 31 heavy (non-hydrogen) atoms. The average molecular weight is 421 g/mol. The van der Waals surface area contributed by atoms with Crippen molar-refractivity contribution >= 4 is 23.9 Å². The van der Waals surface area contributed by atoms with E-state index in [2.05, 4.69) is 4.98 Å². The third-order valence-electron chi connectivity index (χ3n) is 4.61. The van der Waals surface area contributed by atoms with Crippen LogP contribution in [0.3, 0.4) is 0 Å². The molecule has 0 N–H and O–H groups in total. The second-order valence-electron chi connectivity index (χ2n) is 6.59. The summed E-state index contributed by atoms with van der Waals surface area (Å²) in [6.45, 7) is 0.750. The summed E-state index contributed by atoms with van der Waals surface area (Å²) in [5.41, 5.74) is 1.18. The highest BCUT2D eigenvalue weighted by Gasteiger charge is 2.23. The molecule has 2 aromatic carbocycles. The summed E-state index contributed by atoms with van der Waals surface area (Å²) < 4.78 is 17.7. The zero-order chi connectivity index (χ0) is 21.6. The summed E-state index contributed by atoms with van der Waals surface area (Å²) in [7, 11) is 0. The van der Waals surface area contributed by atoms with E-state index in [-0.39, 0.29) is 24.5 Å². The van der Waals surface area contributed by atoms with E-state index < -0.39 is 10.9 Å². The molecule has 9 nitrogen and oxygen atoms in total. The lowest BCUT2D eigenvalue weighted by atomic mass is 10.2. The number of nitro groups is 1. The number of fused-ring (bicyclic) bond motifs is 1. The van der Waals surface area contributed by atoms with Gasteiger partial charge in [0.2, 0.25) is 5.82 Å². The quantitative estimate of drug-likeness (QED) is 0.326. The molecule has 0 unspecified atom stereocenters. The molecule has 1 aliphatic heterocycles. The molecule has 0 fully saturated rings. The second-order valence-corrected chi connectivity index (χ2v) is 6.59. The van der Waals surface area contributed by atoms with Gasteiger partial charge in [0.25, 0.3) is 0 Å². The van der Waals surface area contributed by atoms with E-state index in [9.17, 15) is 14.9 Å². The van der Waals surface area contributed by atoms with Crippen LogP contribution < -0.4 is 9.47 Å². The van der Waals surface area contributed by atoms with Gasteiger partial charge in [-0.05, 0) is 28.7 Å². The first kappa shape index (κ1) is 20.1. The molecule has 9 heteroatoms. The number of para-hydroxylation sites is 1. The monoisotopic (exact) mass is 421 g/mol. The molecule has 158 valence electrons. The lowest BCUT2D eigenvalue weighted by Gasteiger charge is -2.20. The topological polar surface area (TPSA) is 106 Å². The Hall–Kier alpha value is -4.14. The first-order chi connectivity index (χ1) is 15.1.